The summed E-state index contributed by atoms with van der Waals surface area (Å²) in [4.78, 5) is 4.33. The molecule has 0 aliphatic heterocycles. The van der Waals surface area contributed by atoms with E-state index in [2.05, 4.69) is 25.8 Å². The zero-order valence-corrected chi connectivity index (χ0v) is 10.7. The molecule has 1 aromatic heterocycles. The van der Waals surface area contributed by atoms with Crippen molar-refractivity contribution in [1.29, 1.82) is 0 Å². The van der Waals surface area contributed by atoms with Gasteiger partial charge in [-0.2, -0.15) is 0 Å². The van der Waals surface area contributed by atoms with Gasteiger partial charge < -0.3 is 4.57 Å². The van der Waals surface area contributed by atoms with E-state index in [9.17, 15) is 4.39 Å². The highest BCUT2D eigenvalue weighted by atomic mass is 19.1. The molecular formula is C14H19FN2. The first kappa shape index (κ1) is 12.1. The van der Waals surface area contributed by atoms with E-state index >= 15 is 0 Å². The van der Waals surface area contributed by atoms with Gasteiger partial charge in [0.15, 0.2) is 0 Å². The molecule has 2 nitrogen and oxygen atoms in total. The number of allylic oxidation sites excluding steroid dienone is 4. The number of imidazole rings is 1. The Bertz CT molecular complexity index is 455. The van der Waals surface area contributed by atoms with Gasteiger partial charge in [-0.15, -0.1) is 0 Å². The molecule has 0 radical (unpaired) electrons. The van der Waals surface area contributed by atoms with Crippen LogP contribution in [-0.2, 0) is 6.54 Å². The maximum atomic E-state index is 13.6. The van der Waals surface area contributed by atoms with Gasteiger partial charge in [0.2, 0.25) is 0 Å². The van der Waals surface area contributed by atoms with Crippen molar-refractivity contribution in [3.05, 3.63) is 41.8 Å². The van der Waals surface area contributed by atoms with Crippen molar-refractivity contribution in [3.63, 3.8) is 0 Å². The fourth-order valence-corrected chi connectivity index (χ4v) is 2.04. The lowest BCUT2D eigenvalue weighted by molar-refractivity contribution is 0.567. The number of hydrogen-bond donors (Lipinski definition) is 0. The molecule has 3 heteroatoms. The molecule has 1 aliphatic rings. The van der Waals surface area contributed by atoms with E-state index in [1.807, 2.05) is 16.8 Å². The molecule has 0 amide bonds. The van der Waals surface area contributed by atoms with Crippen LogP contribution in [0.15, 0.2) is 36.1 Å². The van der Waals surface area contributed by atoms with E-state index in [0.29, 0.717) is 18.4 Å². The molecule has 0 bridgehead atoms. The lowest BCUT2D eigenvalue weighted by Gasteiger charge is -2.16. The lowest BCUT2D eigenvalue weighted by atomic mass is 9.95. The fourth-order valence-electron chi connectivity index (χ4n) is 2.04. The summed E-state index contributed by atoms with van der Waals surface area (Å²) in [6.07, 6.45) is 8.11. The van der Waals surface area contributed by atoms with Crippen molar-refractivity contribution >= 4 is 0 Å². The Morgan fingerprint density at radius 1 is 1.53 bits per heavy atom. The van der Waals surface area contributed by atoms with Gasteiger partial charge in [-0.25, -0.2) is 9.37 Å². The number of halogens is 1. The van der Waals surface area contributed by atoms with Gasteiger partial charge in [0.25, 0.3) is 0 Å². The number of rotatable bonds is 3. The molecule has 17 heavy (non-hydrogen) atoms. The summed E-state index contributed by atoms with van der Waals surface area (Å²) in [5.41, 5.74) is 1.93. The molecule has 0 fully saturated rings. The van der Waals surface area contributed by atoms with Crippen LogP contribution in [-0.4, -0.2) is 9.55 Å². The van der Waals surface area contributed by atoms with Crippen LogP contribution in [0.25, 0.3) is 0 Å². The Kier molecular flexibility index (Phi) is 3.46. The highest BCUT2D eigenvalue weighted by Gasteiger charge is 2.14. The quantitative estimate of drug-likeness (QED) is 0.777. The van der Waals surface area contributed by atoms with Gasteiger partial charge in [-0.05, 0) is 29.9 Å². The van der Waals surface area contributed by atoms with Crippen LogP contribution in [0.5, 0.6) is 0 Å². The maximum absolute atomic E-state index is 13.6. The normalized spacial score (nSPS) is 20.4. The molecule has 1 atom stereocenters. The highest BCUT2D eigenvalue weighted by molar-refractivity contribution is 5.25. The summed E-state index contributed by atoms with van der Waals surface area (Å²) in [6, 6.07) is 0. The summed E-state index contributed by atoms with van der Waals surface area (Å²) in [7, 11) is 0. The monoisotopic (exact) mass is 234 g/mol. The summed E-state index contributed by atoms with van der Waals surface area (Å²) in [5, 5.41) is 0. The third-order valence-corrected chi connectivity index (χ3v) is 3.10. The van der Waals surface area contributed by atoms with E-state index in [-0.39, 0.29) is 5.83 Å². The van der Waals surface area contributed by atoms with Crippen molar-refractivity contribution in [2.75, 3.05) is 0 Å². The van der Waals surface area contributed by atoms with Gasteiger partial charge >= 0.3 is 0 Å². The molecular weight excluding hydrogens is 215 g/mol. The predicted molar refractivity (Wildman–Crippen MR) is 67.4 cm³/mol. The van der Waals surface area contributed by atoms with Crippen molar-refractivity contribution in [1.82, 2.24) is 9.55 Å². The van der Waals surface area contributed by atoms with E-state index in [1.165, 1.54) is 0 Å². The molecule has 0 spiro atoms. The van der Waals surface area contributed by atoms with Crippen molar-refractivity contribution in [2.45, 2.75) is 39.7 Å². The summed E-state index contributed by atoms with van der Waals surface area (Å²) in [5.74, 6) is 0.765. The van der Waals surface area contributed by atoms with Gasteiger partial charge in [-0.3, -0.25) is 0 Å². The Labute approximate surface area is 102 Å². The number of hydrogen-bond acceptors (Lipinski definition) is 1. The van der Waals surface area contributed by atoms with Crippen LogP contribution in [0.2, 0.25) is 0 Å². The van der Waals surface area contributed by atoms with Crippen LogP contribution in [0.4, 0.5) is 4.39 Å². The minimum absolute atomic E-state index is 0.0807. The molecule has 0 saturated carbocycles. The van der Waals surface area contributed by atoms with Crippen molar-refractivity contribution in [2.24, 2.45) is 5.92 Å². The third-order valence-electron chi connectivity index (χ3n) is 3.10. The first-order chi connectivity index (χ1) is 8.06. The number of aromatic nitrogens is 2. The van der Waals surface area contributed by atoms with Crippen molar-refractivity contribution < 1.29 is 4.39 Å². The van der Waals surface area contributed by atoms with Crippen LogP contribution in [0.1, 0.15) is 38.8 Å². The topological polar surface area (TPSA) is 17.8 Å². The van der Waals surface area contributed by atoms with E-state index in [1.54, 1.807) is 12.4 Å². The second kappa shape index (κ2) is 4.86. The zero-order valence-electron chi connectivity index (χ0n) is 10.7. The first-order valence-corrected chi connectivity index (χ1v) is 6.13. The summed E-state index contributed by atoms with van der Waals surface area (Å²) in [6.45, 7) is 6.94. The van der Waals surface area contributed by atoms with Crippen LogP contribution in [0, 0.1) is 5.92 Å². The SMILES string of the molecule is CC1C=CC(F)=C(Cn2cnc(C(C)C)c2)C1. The van der Waals surface area contributed by atoms with Gasteiger partial charge in [-0.1, -0.05) is 26.8 Å². The molecule has 1 aromatic rings. The average Bonchev–Trinajstić information content (AvgIpc) is 2.72. The number of nitrogens with zero attached hydrogens (tertiary/aromatic N) is 2. The Balaban J connectivity index is 2.12. The molecule has 1 unspecified atom stereocenters. The standard InChI is InChI=1S/C14H19FN2/c1-10(2)14-8-17(9-16-14)7-12-6-11(3)4-5-13(12)15/h4-5,8-11H,6-7H2,1-3H3. The third kappa shape index (κ3) is 2.84. The lowest BCUT2D eigenvalue weighted by Crippen LogP contribution is -2.06. The minimum Gasteiger partial charge on any atom is -0.333 e. The Hall–Kier alpha value is -1.38. The molecule has 1 aliphatic carbocycles. The second-order valence-corrected chi connectivity index (χ2v) is 5.12. The minimum atomic E-state index is -0.0807. The molecule has 0 aromatic carbocycles. The Morgan fingerprint density at radius 3 is 2.94 bits per heavy atom. The van der Waals surface area contributed by atoms with Crippen LogP contribution in [0.3, 0.4) is 0 Å². The van der Waals surface area contributed by atoms with Crippen LogP contribution < -0.4 is 0 Å². The zero-order chi connectivity index (χ0) is 12.4. The van der Waals surface area contributed by atoms with Gasteiger partial charge in [0.1, 0.15) is 5.83 Å². The first-order valence-electron chi connectivity index (χ1n) is 6.13. The van der Waals surface area contributed by atoms with Crippen molar-refractivity contribution in [3.8, 4) is 0 Å². The predicted octanol–water partition coefficient (Wildman–Crippen LogP) is 3.83. The summed E-state index contributed by atoms with van der Waals surface area (Å²) < 4.78 is 15.6. The Morgan fingerprint density at radius 2 is 2.29 bits per heavy atom. The van der Waals surface area contributed by atoms with E-state index in [0.717, 1.165) is 17.7 Å². The fraction of sp³-hybridized carbons (Fsp3) is 0.500. The van der Waals surface area contributed by atoms with Gasteiger partial charge in [0, 0.05) is 12.7 Å². The van der Waals surface area contributed by atoms with Crippen LogP contribution >= 0.6 is 0 Å². The molecule has 1 heterocycles. The molecule has 0 saturated heterocycles. The van der Waals surface area contributed by atoms with Gasteiger partial charge in [0.05, 0.1) is 12.0 Å². The smallest absolute Gasteiger partial charge is 0.123 e. The molecule has 0 N–H and O–H groups in total. The van der Waals surface area contributed by atoms with E-state index in [4.69, 9.17) is 0 Å². The average molecular weight is 234 g/mol. The summed E-state index contributed by atoms with van der Waals surface area (Å²) >= 11 is 0. The largest absolute Gasteiger partial charge is 0.333 e. The second-order valence-electron chi connectivity index (χ2n) is 5.12. The highest BCUT2D eigenvalue weighted by Crippen LogP contribution is 2.25. The molecule has 2 rings (SSSR count). The maximum Gasteiger partial charge on any atom is 0.123 e. The molecule has 92 valence electrons. The van der Waals surface area contributed by atoms with E-state index < -0.39 is 0 Å².